The molecule has 0 unspecified atom stereocenters. The number of nitrogens with zero attached hydrogens (tertiary/aromatic N) is 1. The monoisotopic (exact) mass is 335 g/mol. The molecule has 0 saturated carbocycles. The minimum atomic E-state index is -0.179. The van der Waals surface area contributed by atoms with Crippen LogP contribution in [0, 0.1) is 11.3 Å². The Balaban J connectivity index is 1.89. The van der Waals surface area contributed by atoms with Gasteiger partial charge in [0, 0.05) is 10.2 Å². The number of hydrogen-bond acceptors (Lipinski definition) is 4. The van der Waals surface area contributed by atoms with Crippen LogP contribution in [-0.4, -0.2) is 12.5 Å². The largest absolute Gasteiger partial charge is 0.376 e. The number of amides is 1. The molecule has 0 spiro atoms. The van der Waals surface area contributed by atoms with Gasteiger partial charge in [-0.2, -0.15) is 5.26 Å². The number of benzene rings is 1. The van der Waals surface area contributed by atoms with Crippen LogP contribution >= 0.6 is 27.3 Å². The summed E-state index contributed by atoms with van der Waals surface area (Å²) in [7, 11) is 0. The van der Waals surface area contributed by atoms with Crippen molar-refractivity contribution in [1.82, 2.24) is 0 Å². The molecule has 4 nitrogen and oxygen atoms in total. The molecule has 1 aromatic carbocycles. The average molecular weight is 336 g/mol. The molecule has 0 fully saturated rings. The quantitative estimate of drug-likeness (QED) is 0.899. The first-order valence-corrected chi connectivity index (χ1v) is 7.13. The molecule has 96 valence electrons. The Labute approximate surface area is 123 Å². The van der Waals surface area contributed by atoms with Gasteiger partial charge in [-0.15, -0.1) is 11.3 Å². The number of hydrogen-bond donors (Lipinski definition) is 2. The molecule has 1 aromatic heterocycles. The van der Waals surface area contributed by atoms with Gasteiger partial charge in [0.15, 0.2) is 0 Å². The normalized spacial score (nSPS) is 9.68. The van der Waals surface area contributed by atoms with Gasteiger partial charge in [0.2, 0.25) is 5.91 Å². The number of rotatable bonds is 4. The van der Waals surface area contributed by atoms with Crippen molar-refractivity contribution in [2.24, 2.45) is 0 Å². The summed E-state index contributed by atoms with van der Waals surface area (Å²) >= 11 is 4.68. The number of carbonyl (C=O) groups excluding carboxylic acids is 1. The fourth-order valence-electron chi connectivity index (χ4n) is 1.42. The second kappa shape index (κ2) is 6.36. The Hall–Kier alpha value is -1.84. The van der Waals surface area contributed by atoms with Crippen LogP contribution in [0.1, 0.15) is 5.56 Å². The van der Waals surface area contributed by atoms with Crippen molar-refractivity contribution < 1.29 is 4.79 Å². The molecular weight excluding hydrogens is 326 g/mol. The minimum absolute atomic E-state index is 0.157. The Morgan fingerprint density at radius 1 is 1.32 bits per heavy atom. The van der Waals surface area contributed by atoms with E-state index in [9.17, 15) is 4.79 Å². The van der Waals surface area contributed by atoms with E-state index in [0.717, 1.165) is 10.2 Å². The maximum Gasteiger partial charge on any atom is 0.244 e. The van der Waals surface area contributed by atoms with Crippen molar-refractivity contribution in [2.45, 2.75) is 0 Å². The molecule has 2 aromatic rings. The standard InChI is InChI=1S/C13H10BrN3OS/c14-10-1-3-11(4-2-10)16-8-12(18)17-13-9(7-15)5-6-19-13/h1-6,16H,8H2,(H,17,18). The first-order valence-electron chi connectivity index (χ1n) is 5.46. The molecule has 0 saturated heterocycles. The third-order valence-electron chi connectivity index (χ3n) is 2.34. The van der Waals surface area contributed by atoms with Gasteiger partial charge in [-0.1, -0.05) is 15.9 Å². The molecule has 6 heteroatoms. The summed E-state index contributed by atoms with van der Waals surface area (Å²) in [5.74, 6) is -0.179. The molecule has 0 bridgehead atoms. The molecule has 0 aliphatic rings. The second-order valence-corrected chi connectivity index (χ2v) is 5.52. The average Bonchev–Trinajstić information content (AvgIpc) is 2.85. The number of carbonyl (C=O) groups is 1. The maximum absolute atomic E-state index is 11.7. The Morgan fingerprint density at radius 3 is 2.74 bits per heavy atom. The predicted molar refractivity (Wildman–Crippen MR) is 80.3 cm³/mol. The highest BCUT2D eigenvalue weighted by Gasteiger charge is 2.07. The summed E-state index contributed by atoms with van der Waals surface area (Å²) < 4.78 is 0.986. The van der Waals surface area contributed by atoms with Crippen molar-refractivity contribution in [1.29, 1.82) is 5.26 Å². The van der Waals surface area contributed by atoms with E-state index in [2.05, 4.69) is 26.6 Å². The highest BCUT2D eigenvalue weighted by molar-refractivity contribution is 9.10. The van der Waals surface area contributed by atoms with E-state index in [1.807, 2.05) is 30.3 Å². The number of halogens is 1. The molecule has 0 aliphatic carbocycles. The van der Waals surface area contributed by atoms with Gasteiger partial charge in [-0.25, -0.2) is 0 Å². The molecule has 0 aliphatic heterocycles. The first kappa shape index (κ1) is 13.6. The van der Waals surface area contributed by atoms with Crippen LogP contribution in [0.4, 0.5) is 10.7 Å². The van der Waals surface area contributed by atoms with Crippen LogP contribution in [0.25, 0.3) is 0 Å². The van der Waals surface area contributed by atoms with Gasteiger partial charge in [0.1, 0.15) is 11.1 Å². The number of anilines is 2. The van der Waals surface area contributed by atoms with Crippen LogP contribution in [0.2, 0.25) is 0 Å². The zero-order chi connectivity index (χ0) is 13.7. The minimum Gasteiger partial charge on any atom is -0.376 e. The van der Waals surface area contributed by atoms with Crippen molar-refractivity contribution in [3.63, 3.8) is 0 Å². The Bertz CT molecular complexity index is 616. The van der Waals surface area contributed by atoms with Gasteiger partial charge in [0.25, 0.3) is 0 Å². The van der Waals surface area contributed by atoms with Crippen LogP contribution in [0.5, 0.6) is 0 Å². The molecule has 0 atom stereocenters. The lowest BCUT2D eigenvalue weighted by molar-refractivity contribution is -0.114. The van der Waals surface area contributed by atoms with E-state index in [1.54, 1.807) is 11.4 Å². The molecule has 2 N–H and O–H groups in total. The molecule has 1 heterocycles. The van der Waals surface area contributed by atoms with E-state index in [1.165, 1.54) is 11.3 Å². The van der Waals surface area contributed by atoms with Crippen molar-refractivity contribution in [3.8, 4) is 6.07 Å². The van der Waals surface area contributed by atoms with Crippen LogP contribution in [0.3, 0.4) is 0 Å². The highest BCUT2D eigenvalue weighted by atomic mass is 79.9. The summed E-state index contributed by atoms with van der Waals surface area (Å²) in [6, 6.07) is 11.3. The predicted octanol–water partition coefficient (Wildman–Crippen LogP) is 3.43. The lowest BCUT2D eigenvalue weighted by atomic mass is 10.3. The lowest BCUT2D eigenvalue weighted by Crippen LogP contribution is -2.21. The third kappa shape index (κ3) is 3.81. The maximum atomic E-state index is 11.7. The topological polar surface area (TPSA) is 64.9 Å². The zero-order valence-corrected chi connectivity index (χ0v) is 12.2. The van der Waals surface area contributed by atoms with Crippen molar-refractivity contribution in [3.05, 3.63) is 45.7 Å². The van der Waals surface area contributed by atoms with Gasteiger partial charge < -0.3 is 10.6 Å². The highest BCUT2D eigenvalue weighted by Crippen LogP contribution is 2.22. The van der Waals surface area contributed by atoms with Gasteiger partial charge in [0.05, 0.1) is 12.1 Å². The lowest BCUT2D eigenvalue weighted by Gasteiger charge is -2.06. The van der Waals surface area contributed by atoms with Gasteiger partial charge >= 0.3 is 0 Å². The molecule has 2 rings (SSSR count). The summed E-state index contributed by atoms with van der Waals surface area (Å²) in [5, 5.41) is 16.9. The van der Waals surface area contributed by atoms with E-state index in [0.29, 0.717) is 10.6 Å². The van der Waals surface area contributed by atoms with E-state index in [4.69, 9.17) is 5.26 Å². The number of nitriles is 1. The Kier molecular flexibility index (Phi) is 4.55. The zero-order valence-electron chi connectivity index (χ0n) is 9.81. The van der Waals surface area contributed by atoms with Crippen LogP contribution in [-0.2, 0) is 4.79 Å². The second-order valence-electron chi connectivity index (χ2n) is 3.68. The summed E-state index contributed by atoms with van der Waals surface area (Å²) in [6.45, 7) is 0.157. The van der Waals surface area contributed by atoms with E-state index < -0.39 is 0 Å². The summed E-state index contributed by atoms with van der Waals surface area (Å²) in [4.78, 5) is 11.7. The SMILES string of the molecule is N#Cc1ccsc1NC(=O)CNc1ccc(Br)cc1. The molecule has 0 radical (unpaired) electrons. The Morgan fingerprint density at radius 2 is 2.05 bits per heavy atom. The van der Waals surface area contributed by atoms with Gasteiger partial charge in [-0.3, -0.25) is 4.79 Å². The molecule has 19 heavy (non-hydrogen) atoms. The van der Waals surface area contributed by atoms with Crippen LogP contribution in [0.15, 0.2) is 40.2 Å². The first-order chi connectivity index (χ1) is 9.19. The number of thiophene rings is 1. The van der Waals surface area contributed by atoms with E-state index >= 15 is 0 Å². The van der Waals surface area contributed by atoms with Crippen LogP contribution < -0.4 is 10.6 Å². The third-order valence-corrected chi connectivity index (χ3v) is 3.69. The van der Waals surface area contributed by atoms with Crippen molar-refractivity contribution in [2.75, 3.05) is 17.2 Å². The smallest absolute Gasteiger partial charge is 0.244 e. The fraction of sp³-hybridized carbons (Fsp3) is 0.0769. The number of nitrogens with one attached hydrogen (secondary N) is 2. The summed E-state index contributed by atoms with van der Waals surface area (Å²) in [5.41, 5.74) is 1.35. The van der Waals surface area contributed by atoms with E-state index in [-0.39, 0.29) is 12.5 Å². The molecular formula is C13H10BrN3OS. The van der Waals surface area contributed by atoms with Gasteiger partial charge in [-0.05, 0) is 35.7 Å². The fourth-order valence-corrected chi connectivity index (χ4v) is 2.43. The van der Waals surface area contributed by atoms with Crippen molar-refractivity contribution >= 4 is 43.9 Å². The molecule has 1 amide bonds. The summed E-state index contributed by atoms with van der Waals surface area (Å²) in [6.07, 6.45) is 0.